The zero-order valence-corrected chi connectivity index (χ0v) is 18.4. The van der Waals surface area contributed by atoms with Crippen molar-refractivity contribution in [2.45, 2.75) is 53.4 Å². The van der Waals surface area contributed by atoms with Gasteiger partial charge >= 0.3 is 11.9 Å². The third kappa shape index (κ3) is 9.26. The molecule has 0 aliphatic heterocycles. The first-order valence-corrected chi connectivity index (χ1v) is 10.3. The van der Waals surface area contributed by atoms with E-state index in [1.165, 1.54) is 0 Å². The highest BCUT2D eigenvalue weighted by Gasteiger charge is 2.38. The van der Waals surface area contributed by atoms with Crippen molar-refractivity contribution in [3.05, 3.63) is 0 Å². The Morgan fingerprint density at radius 1 is 0.815 bits per heavy atom. The Balaban J connectivity index is 0.00000676. The number of halogens is 1. The molecule has 0 aromatic rings. The molecular formula is C20H39ClN2O4. The quantitative estimate of drug-likeness (QED) is 0.346. The van der Waals surface area contributed by atoms with Gasteiger partial charge in [-0.2, -0.15) is 0 Å². The van der Waals surface area contributed by atoms with Crippen LogP contribution in [-0.2, 0) is 19.1 Å². The molecule has 0 spiro atoms. The molecule has 0 bridgehead atoms. The van der Waals surface area contributed by atoms with Crippen molar-refractivity contribution in [1.29, 1.82) is 0 Å². The van der Waals surface area contributed by atoms with Gasteiger partial charge in [-0.25, -0.2) is 0 Å². The molecule has 7 heteroatoms. The summed E-state index contributed by atoms with van der Waals surface area (Å²) in [4.78, 5) is 29.6. The molecule has 0 amide bonds. The number of hydrogen-bond acceptors (Lipinski definition) is 6. The first-order chi connectivity index (χ1) is 12.6. The molecular weight excluding hydrogens is 368 g/mol. The molecule has 27 heavy (non-hydrogen) atoms. The Kier molecular flexibility index (Phi) is 14.6. The van der Waals surface area contributed by atoms with Crippen LogP contribution in [0.2, 0.25) is 0 Å². The summed E-state index contributed by atoms with van der Waals surface area (Å²) in [6.45, 7) is 14.1. The van der Waals surface area contributed by atoms with E-state index in [4.69, 9.17) is 9.47 Å². The molecule has 0 radical (unpaired) electrons. The van der Waals surface area contributed by atoms with Crippen LogP contribution < -0.4 is 0 Å². The Bertz CT molecular complexity index is 379. The molecule has 1 fully saturated rings. The predicted octanol–water partition coefficient (Wildman–Crippen LogP) is 2.98. The zero-order valence-electron chi connectivity index (χ0n) is 17.6. The second-order valence-corrected chi connectivity index (χ2v) is 6.91. The minimum Gasteiger partial charge on any atom is -0.464 e. The van der Waals surface area contributed by atoms with Gasteiger partial charge in [0.1, 0.15) is 13.2 Å². The maximum Gasteiger partial charge on any atom is 0.320 e. The Morgan fingerprint density at radius 3 is 1.52 bits per heavy atom. The smallest absolute Gasteiger partial charge is 0.320 e. The van der Waals surface area contributed by atoms with Crippen molar-refractivity contribution < 1.29 is 19.1 Å². The summed E-state index contributed by atoms with van der Waals surface area (Å²) in [6, 6.07) is 0. The SMILES string of the molecule is CCN(CC)CCOC(=O)C(C(=O)OCCN(CC)CC)C1CCCC1.Cl. The van der Waals surface area contributed by atoms with Crippen LogP contribution in [0.25, 0.3) is 0 Å². The lowest BCUT2D eigenvalue weighted by Crippen LogP contribution is -2.36. The molecule has 1 saturated carbocycles. The highest BCUT2D eigenvalue weighted by molar-refractivity contribution is 5.95. The van der Waals surface area contributed by atoms with Gasteiger partial charge in [-0.1, -0.05) is 40.5 Å². The molecule has 0 aromatic heterocycles. The van der Waals surface area contributed by atoms with Gasteiger partial charge in [0.25, 0.3) is 0 Å². The maximum absolute atomic E-state index is 12.6. The summed E-state index contributed by atoms with van der Waals surface area (Å²) in [5.41, 5.74) is 0. The van der Waals surface area contributed by atoms with E-state index in [1.807, 2.05) is 0 Å². The van der Waals surface area contributed by atoms with Crippen molar-refractivity contribution in [2.24, 2.45) is 11.8 Å². The van der Waals surface area contributed by atoms with Crippen molar-refractivity contribution >= 4 is 24.3 Å². The molecule has 160 valence electrons. The monoisotopic (exact) mass is 406 g/mol. The van der Waals surface area contributed by atoms with E-state index < -0.39 is 17.9 Å². The molecule has 0 N–H and O–H groups in total. The van der Waals surface area contributed by atoms with Crippen molar-refractivity contribution in [1.82, 2.24) is 9.80 Å². The molecule has 6 nitrogen and oxygen atoms in total. The fourth-order valence-corrected chi connectivity index (χ4v) is 3.58. The molecule has 0 aromatic carbocycles. The first kappa shape index (κ1) is 26.1. The van der Waals surface area contributed by atoms with Gasteiger partial charge in [0.15, 0.2) is 5.92 Å². The second-order valence-electron chi connectivity index (χ2n) is 6.91. The van der Waals surface area contributed by atoms with Crippen LogP contribution in [0.5, 0.6) is 0 Å². The van der Waals surface area contributed by atoms with Crippen LogP contribution in [0.15, 0.2) is 0 Å². The van der Waals surface area contributed by atoms with Crippen LogP contribution in [0.3, 0.4) is 0 Å². The van der Waals surface area contributed by atoms with E-state index in [9.17, 15) is 9.59 Å². The van der Waals surface area contributed by atoms with Gasteiger partial charge < -0.3 is 19.3 Å². The maximum atomic E-state index is 12.6. The molecule has 1 rings (SSSR count). The number of hydrogen-bond donors (Lipinski definition) is 0. The first-order valence-electron chi connectivity index (χ1n) is 10.3. The van der Waals surface area contributed by atoms with Gasteiger partial charge in [-0.05, 0) is 44.9 Å². The lowest BCUT2D eigenvalue weighted by atomic mass is 9.91. The standard InChI is InChI=1S/C20H38N2O4.ClH/c1-5-21(6-2)13-15-25-19(23)18(17-11-9-10-12-17)20(24)26-16-14-22(7-3)8-4;/h17-18H,5-16H2,1-4H3;1H. The molecule has 0 unspecified atom stereocenters. The third-order valence-electron chi connectivity index (χ3n) is 5.47. The average Bonchev–Trinajstić information content (AvgIpc) is 3.16. The number of carbonyl (C=O) groups is 2. The van der Waals surface area contributed by atoms with E-state index in [0.717, 1.165) is 51.9 Å². The summed E-state index contributed by atoms with van der Waals surface area (Å²) in [6.07, 6.45) is 3.95. The topological polar surface area (TPSA) is 59.1 Å². The highest BCUT2D eigenvalue weighted by Crippen LogP contribution is 2.33. The van der Waals surface area contributed by atoms with Gasteiger partial charge in [0.05, 0.1) is 0 Å². The second kappa shape index (κ2) is 15.1. The number of ether oxygens (including phenoxy) is 2. The molecule has 1 aliphatic carbocycles. The lowest BCUT2D eigenvalue weighted by Gasteiger charge is -2.23. The van der Waals surface area contributed by atoms with Crippen LogP contribution in [0, 0.1) is 11.8 Å². The summed E-state index contributed by atoms with van der Waals surface area (Å²) >= 11 is 0. The van der Waals surface area contributed by atoms with Gasteiger partial charge in [0.2, 0.25) is 0 Å². The molecule has 0 heterocycles. The Hall–Kier alpha value is -0.850. The Morgan fingerprint density at radius 2 is 1.19 bits per heavy atom. The largest absolute Gasteiger partial charge is 0.464 e. The number of nitrogens with zero attached hydrogens (tertiary/aromatic N) is 2. The predicted molar refractivity (Wildman–Crippen MR) is 110 cm³/mol. The van der Waals surface area contributed by atoms with Crippen molar-refractivity contribution in [3.63, 3.8) is 0 Å². The van der Waals surface area contributed by atoms with E-state index in [2.05, 4.69) is 37.5 Å². The minimum absolute atomic E-state index is 0. The van der Waals surface area contributed by atoms with Gasteiger partial charge in [0, 0.05) is 13.1 Å². The minimum atomic E-state index is -0.758. The fraction of sp³-hybridized carbons (Fsp3) is 0.900. The van der Waals surface area contributed by atoms with Crippen LogP contribution in [-0.4, -0.2) is 74.2 Å². The summed E-state index contributed by atoms with van der Waals surface area (Å²) < 4.78 is 10.9. The zero-order chi connectivity index (χ0) is 19.4. The highest BCUT2D eigenvalue weighted by atomic mass is 35.5. The summed E-state index contributed by atoms with van der Waals surface area (Å²) in [5, 5.41) is 0. The van der Waals surface area contributed by atoms with Gasteiger partial charge in [-0.15, -0.1) is 12.4 Å². The van der Waals surface area contributed by atoms with Crippen molar-refractivity contribution in [3.8, 4) is 0 Å². The molecule has 1 aliphatic rings. The normalized spacial score (nSPS) is 14.6. The number of rotatable bonds is 13. The van der Waals surface area contributed by atoms with E-state index in [-0.39, 0.29) is 18.3 Å². The average molecular weight is 407 g/mol. The van der Waals surface area contributed by atoms with Crippen LogP contribution in [0.4, 0.5) is 0 Å². The van der Waals surface area contributed by atoms with E-state index >= 15 is 0 Å². The number of carbonyl (C=O) groups excluding carboxylic acids is 2. The van der Waals surface area contributed by atoms with Crippen LogP contribution >= 0.6 is 12.4 Å². The number of likely N-dealkylation sites (N-methyl/N-ethyl adjacent to an activating group) is 2. The van der Waals surface area contributed by atoms with Crippen molar-refractivity contribution in [2.75, 3.05) is 52.5 Å². The van der Waals surface area contributed by atoms with Crippen LogP contribution in [0.1, 0.15) is 53.4 Å². The molecule has 0 saturated heterocycles. The van der Waals surface area contributed by atoms with E-state index in [0.29, 0.717) is 26.3 Å². The summed E-state index contributed by atoms with van der Waals surface area (Å²) in [5.74, 6) is -1.50. The van der Waals surface area contributed by atoms with Gasteiger partial charge in [-0.3, -0.25) is 9.59 Å². The molecule has 0 atom stereocenters. The summed E-state index contributed by atoms with van der Waals surface area (Å²) in [7, 11) is 0. The fourth-order valence-electron chi connectivity index (χ4n) is 3.58. The van der Waals surface area contributed by atoms with E-state index in [1.54, 1.807) is 0 Å². The lowest BCUT2D eigenvalue weighted by molar-refractivity contribution is -0.165. The third-order valence-corrected chi connectivity index (χ3v) is 5.47. The Labute approximate surface area is 171 Å². The number of esters is 2.